The number of hydrogen-bond donors (Lipinski definition) is 2. The summed E-state index contributed by atoms with van der Waals surface area (Å²) in [6.07, 6.45) is 3.29. The van der Waals surface area contributed by atoms with Gasteiger partial charge in [0.05, 0.1) is 30.7 Å². The largest absolute Gasteiger partial charge is 0.349 e. The zero-order valence-corrected chi connectivity index (χ0v) is 7.45. The third kappa shape index (κ3) is 3.16. The van der Waals surface area contributed by atoms with E-state index in [9.17, 15) is 4.79 Å². The van der Waals surface area contributed by atoms with Crippen LogP contribution in [0.2, 0.25) is 0 Å². The second-order valence-corrected chi connectivity index (χ2v) is 2.63. The van der Waals surface area contributed by atoms with E-state index in [1.54, 1.807) is 12.4 Å². The molecule has 1 rings (SSSR count). The molecule has 0 saturated carbocycles. The van der Waals surface area contributed by atoms with Gasteiger partial charge in [0.15, 0.2) is 0 Å². The number of rotatable bonds is 3. The van der Waals surface area contributed by atoms with Crippen LogP contribution in [0.5, 0.6) is 0 Å². The maximum atomic E-state index is 10.8. The van der Waals surface area contributed by atoms with Crippen molar-refractivity contribution in [1.82, 2.24) is 15.3 Å². The lowest BCUT2D eigenvalue weighted by atomic mass is 10.4. The smallest absolute Gasteiger partial charge is 0.234 e. The van der Waals surface area contributed by atoms with Crippen molar-refractivity contribution >= 4 is 5.91 Å². The SMILES string of the molecule is Cc1cnc(CNC(=O)CN)cn1. The van der Waals surface area contributed by atoms with E-state index < -0.39 is 0 Å². The first-order chi connectivity index (χ1) is 6.22. The Bertz CT molecular complexity index is 283. The molecule has 0 aliphatic carbocycles. The minimum absolute atomic E-state index is 0.000704. The number of hydrogen-bond acceptors (Lipinski definition) is 4. The maximum Gasteiger partial charge on any atom is 0.234 e. The van der Waals surface area contributed by atoms with Crippen molar-refractivity contribution in [1.29, 1.82) is 0 Å². The lowest BCUT2D eigenvalue weighted by Crippen LogP contribution is -2.30. The van der Waals surface area contributed by atoms with Gasteiger partial charge in [-0.15, -0.1) is 0 Å². The van der Waals surface area contributed by atoms with E-state index in [1.807, 2.05) is 6.92 Å². The first-order valence-electron chi connectivity index (χ1n) is 3.96. The molecule has 13 heavy (non-hydrogen) atoms. The number of nitrogens with two attached hydrogens (primary N) is 1. The van der Waals surface area contributed by atoms with E-state index >= 15 is 0 Å². The third-order valence-corrected chi connectivity index (χ3v) is 1.49. The Kier molecular flexibility index (Phi) is 3.33. The average molecular weight is 180 g/mol. The summed E-state index contributed by atoms with van der Waals surface area (Å²) < 4.78 is 0. The van der Waals surface area contributed by atoms with Gasteiger partial charge in [0.2, 0.25) is 5.91 Å². The van der Waals surface area contributed by atoms with Gasteiger partial charge in [-0.3, -0.25) is 14.8 Å². The number of aromatic nitrogens is 2. The van der Waals surface area contributed by atoms with E-state index in [0.29, 0.717) is 6.54 Å². The van der Waals surface area contributed by atoms with Crippen LogP contribution in [0.25, 0.3) is 0 Å². The molecule has 1 aromatic heterocycles. The number of carbonyl (C=O) groups excluding carboxylic acids is 1. The normalized spacial score (nSPS) is 9.69. The van der Waals surface area contributed by atoms with Gasteiger partial charge >= 0.3 is 0 Å². The molecule has 0 unspecified atom stereocenters. The zero-order valence-electron chi connectivity index (χ0n) is 7.45. The summed E-state index contributed by atoms with van der Waals surface area (Å²) in [4.78, 5) is 18.9. The Morgan fingerprint density at radius 3 is 2.85 bits per heavy atom. The van der Waals surface area contributed by atoms with E-state index in [4.69, 9.17) is 5.73 Å². The molecule has 0 saturated heterocycles. The predicted molar refractivity (Wildman–Crippen MR) is 47.7 cm³/mol. The first-order valence-corrected chi connectivity index (χ1v) is 3.96. The highest BCUT2D eigenvalue weighted by molar-refractivity contribution is 5.77. The predicted octanol–water partition coefficient (Wildman–Crippen LogP) is -0.640. The van der Waals surface area contributed by atoms with E-state index in [0.717, 1.165) is 11.4 Å². The molecule has 0 bridgehead atoms. The highest BCUT2D eigenvalue weighted by atomic mass is 16.1. The van der Waals surface area contributed by atoms with Crippen molar-refractivity contribution in [2.24, 2.45) is 5.73 Å². The maximum absolute atomic E-state index is 10.8. The summed E-state index contributed by atoms with van der Waals surface area (Å²) in [5, 5.41) is 2.60. The van der Waals surface area contributed by atoms with Crippen molar-refractivity contribution in [3.63, 3.8) is 0 Å². The van der Waals surface area contributed by atoms with Gasteiger partial charge in [0.1, 0.15) is 0 Å². The summed E-state index contributed by atoms with van der Waals surface area (Å²) in [7, 11) is 0. The molecular weight excluding hydrogens is 168 g/mol. The van der Waals surface area contributed by atoms with Crippen molar-refractivity contribution < 1.29 is 4.79 Å². The van der Waals surface area contributed by atoms with Crippen LogP contribution in [0.4, 0.5) is 0 Å². The molecule has 3 N–H and O–H groups in total. The van der Waals surface area contributed by atoms with Crippen LogP contribution in [0, 0.1) is 6.92 Å². The average Bonchev–Trinajstić information content (AvgIpc) is 2.16. The summed E-state index contributed by atoms with van der Waals surface area (Å²) in [5.74, 6) is -0.192. The lowest BCUT2D eigenvalue weighted by Gasteiger charge is -2.01. The first kappa shape index (κ1) is 9.60. The van der Waals surface area contributed by atoms with Gasteiger partial charge in [-0.2, -0.15) is 0 Å². The number of carbonyl (C=O) groups is 1. The number of nitrogens with zero attached hydrogens (tertiary/aromatic N) is 2. The number of aryl methyl sites for hydroxylation is 1. The summed E-state index contributed by atoms with van der Waals surface area (Å²) in [5.41, 5.74) is 6.70. The topological polar surface area (TPSA) is 80.9 Å². The molecule has 1 heterocycles. The minimum atomic E-state index is -0.192. The number of amides is 1. The fourth-order valence-corrected chi connectivity index (χ4v) is 0.772. The van der Waals surface area contributed by atoms with Crippen molar-refractivity contribution in [3.05, 3.63) is 23.8 Å². The Morgan fingerprint density at radius 2 is 2.31 bits per heavy atom. The van der Waals surface area contributed by atoms with E-state index in [1.165, 1.54) is 0 Å². The molecule has 5 heteroatoms. The molecule has 0 aliphatic heterocycles. The van der Waals surface area contributed by atoms with Crippen molar-refractivity contribution in [3.8, 4) is 0 Å². The minimum Gasteiger partial charge on any atom is -0.349 e. The van der Waals surface area contributed by atoms with Crippen molar-refractivity contribution in [2.45, 2.75) is 13.5 Å². The Labute approximate surface area is 76.4 Å². The molecule has 0 aromatic carbocycles. The van der Waals surface area contributed by atoms with Crippen LogP contribution >= 0.6 is 0 Å². The monoisotopic (exact) mass is 180 g/mol. The van der Waals surface area contributed by atoms with Crippen LogP contribution in [0.1, 0.15) is 11.4 Å². The second-order valence-electron chi connectivity index (χ2n) is 2.63. The lowest BCUT2D eigenvalue weighted by molar-refractivity contribution is -0.119. The van der Waals surface area contributed by atoms with Gasteiger partial charge < -0.3 is 11.1 Å². The van der Waals surface area contributed by atoms with Crippen LogP contribution in [-0.4, -0.2) is 22.4 Å². The van der Waals surface area contributed by atoms with Gasteiger partial charge in [0, 0.05) is 6.20 Å². The molecule has 0 radical (unpaired) electrons. The Morgan fingerprint density at radius 1 is 1.54 bits per heavy atom. The molecule has 0 spiro atoms. The molecule has 0 atom stereocenters. The summed E-state index contributed by atoms with van der Waals surface area (Å²) >= 11 is 0. The molecule has 5 nitrogen and oxygen atoms in total. The fraction of sp³-hybridized carbons (Fsp3) is 0.375. The number of nitrogens with one attached hydrogen (secondary N) is 1. The molecule has 1 amide bonds. The molecule has 0 aliphatic rings. The Balaban J connectivity index is 2.46. The highest BCUT2D eigenvalue weighted by Crippen LogP contribution is 1.92. The van der Waals surface area contributed by atoms with E-state index in [2.05, 4.69) is 15.3 Å². The van der Waals surface area contributed by atoms with Crippen LogP contribution in [-0.2, 0) is 11.3 Å². The van der Waals surface area contributed by atoms with Gasteiger partial charge in [-0.1, -0.05) is 0 Å². The third-order valence-electron chi connectivity index (χ3n) is 1.49. The standard InChI is InChI=1S/C8H12N4O/c1-6-3-11-7(4-10-6)5-12-8(13)2-9/h3-4H,2,5,9H2,1H3,(H,12,13). The quantitative estimate of drug-likeness (QED) is 0.648. The molecule has 70 valence electrons. The van der Waals surface area contributed by atoms with Gasteiger partial charge in [-0.05, 0) is 6.92 Å². The van der Waals surface area contributed by atoms with Crippen LogP contribution < -0.4 is 11.1 Å². The molecular formula is C8H12N4O. The Hall–Kier alpha value is -1.49. The summed E-state index contributed by atoms with van der Waals surface area (Å²) in [6.45, 7) is 2.23. The zero-order chi connectivity index (χ0) is 9.68. The van der Waals surface area contributed by atoms with Gasteiger partial charge in [0.25, 0.3) is 0 Å². The van der Waals surface area contributed by atoms with Gasteiger partial charge in [-0.25, -0.2) is 0 Å². The van der Waals surface area contributed by atoms with Crippen LogP contribution in [0.15, 0.2) is 12.4 Å². The summed E-state index contributed by atoms with van der Waals surface area (Å²) in [6, 6.07) is 0. The highest BCUT2D eigenvalue weighted by Gasteiger charge is 1.98. The molecule has 0 fully saturated rings. The fourth-order valence-electron chi connectivity index (χ4n) is 0.772. The van der Waals surface area contributed by atoms with Crippen LogP contribution in [0.3, 0.4) is 0 Å². The second kappa shape index (κ2) is 4.51. The van der Waals surface area contributed by atoms with E-state index in [-0.39, 0.29) is 12.5 Å². The van der Waals surface area contributed by atoms with Crippen molar-refractivity contribution in [2.75, 3.05) is 6.54 Å². The molecule has 1 aromatic rings.